The van der Waals surface area contributed by atoms with Gasteiger partial charge in [0.2, 0.25) is 5.91 Å². The highest BCUT2D eigenvalue weighted by atomic mass is 16.5. The third-order valence-electron chi connectivity index (χ3n) is 6.42. The van der Waals surface area contributed by atoms with Crippen molar-refractivity contribution >= 4 is 11.8 Å². The molecule has 1 saturated heterocycles. The van der Waals surface area contributed by atoms with Crippen LogP contribution in [0.15, 0.2) is 91.4 Å². The van der Waals surface area contributed by atoms with Crippen LogP contribution < -0.4 is 10.1 Å². The van der Waals surface area contributed by atoms with E-state index in [1.54, 1.807) is 34.1 Å². The number of ether oxygens (including phenoxy) is 1. The predicted molar refractivity (Wildman–Crippen MR) is 139 cm³/mol. The first-order valence-electron chi connectivity index (χ1n) is 12.5. The zero-order valence-electron chi connectivity index (χ0n) is 20.5. The summed E-state index contributed by atoms with van der Waals surface area (Å²) >= 11 is 0. The largest absolute Gasteiger partial charge is 0.487 e. The van der Waals surface area contributed by atoms with Crippen molar-refractivity contribution < 1.29 is 14.3 Å². The first-order valence-corrected chi connectivity index (χ1v) is 12.5. The summed E-state index contributed by atoms with van der Waals surface area (Å²) in [4.78, 5) is 32.6. The third kappa shape index (κ3) is 6.03. The van der Waals surface area contributed by atoms with E-state index in [1.165, 1.54) is 0 Å². The van der Waals surface area contributed by atoms with Gasteiger partial charge in [-0.1, -0.05) is 18.2 Å². The number of aromatic nitrogens is 3. The summed E-state index contributed by atoms with van der Waals surface area (Å²) in [7, 11) is 0. The van der Waals surface area contributed by atoms with Gasteiger partial charge in [0.25, 0.3) is 5.91 Å². The molecule has 37 heavy (non-hydrogen) atoms. The Hall–Kier alpha value is -4.46. The first-order chi connectivity index (χ1) is 18.2. The Morgan fingerprint density at radius 1 is 1.00 bits per heavy atom. The first kappa shape index (κ1) is 24.2. The van der Waals surface area contributed by atoms with Crippen LogP contribution in [0.25, 0.3) is 5.69 Å². The molecule has 1 aliphatic rings. The predicted octanol–water partition coefficient (Wildman–Crippen LogP) is 4.16. The van der Waals surface area contributed by atoms with Crippen LogP contribution in [0.1, 0.15) is 40.9 Å². The van der Waals surface area contributed by atoms with E-state index in [-0.39, 0.29) is 11.8 Å². The highest BCUT2D eigenvalue weighted by Gasteiger charge is 2.31. The van der Waals surface area contributed by atoms with Crippen molar-refractivity contribution in [3.8, 4) is 11.4 Å². The van der Waals surface area contributed by atoms with E-state index in [2.05, 4.69) is 15.4 Å². The summed E-state index contributed by atoms with van der Waals surface area (Å²) in [6.07, 6.45) is 7.72. The van der Waals surface area contributed by atoms with E-state index >= 15 is 0 Å². The van der Waals surface area contributed by atoms with Crippen LogP contribution in [0, 0.1) is 0 Å². The fourth-order valence-corrected chi connectivity index (χ4v) is 4.42. The minimum Gasteiger partial charge on any atom is -0.487 e. The molecule has 188 valence electrons. The topological polar surface area (TPSA) is 89.4 Å². The highest BCUT2D eigenvalue weighted by molar-refractivity contribution is 5.97. The number of carbonyl (C=O) groups is 2. The van der Waals surface area contributed by atoms with Gasteiger partial charge < -0.3 is 15.0 Å². The van der Waals surface area contributed by atoms with E-state index in [0.29, 0.717) is 37.4 Å². The quantitative estimate of drug-likeness (QED) is 0.397. The van der Waals surface area contributed by atoms with Gasteiger partial charge in [0.1, 0.15) is 18.4 Å². The summed E-state index contributed by atoms with van der Waals surface area (Å²) in [6, 6.07) is 22.0. The fourth-order valence-electron chi connectivity index (χ4n) is 4.42. The Bertz CT molecular complexity index is 1310. The molecule has 2 aromatic carbocycles. The van der Waals surface area contributed by atoms with E-state index in [4.69, 9.17) is 4.74 Å². The Balaban J connectivity index is 1.34. The lowest BCUT2D eigenvalue weighted by molar-refractivity contribution is -0.125. The number of nitrogens with zero attached hydrogens (tertiary/aromatic N) is 4. The van der Waals surface area contributed by atoms with Crippen LogP contribution in [0.3, 0.4) is 0 Å². The molecule has 5 rings (SSSR count). The second-order valence-electron chi connectivity index (χ2n) is 8.99. The molecular weight excluding hydrogens is 466 g/mol. The molecule has 8 nitrogen and oxygen atoms in total. The standard InChI is InChI=1S/C29H29N5O3/c35-28-27(7-2-4-17-31-28)33(29(36)23-10-12-25(13-11-23)34-19-5-18-32-34)20-22-8-14-26(15-9-22)37-21-24-6-1-3-16-30-24/h1,3,5-6,8-16,18-19,27H,2,4,7,17,20-21H2,(H,31,35)/t27-/m0/s1. The Morgan fingerprint density at radius 3 is 2.57 bits per heavy atom. The Labute approximate surface area is 215 Å². The van der Waals surface area contributed by atoms with Crippen molar-refractivity contribution in [2.75, 3.05) is 6.54 Å². The van der Waals surface area contributed by atoms with Crippen LogP contribution in [0.2, 0.25) is 0 Å². The van der Waals surface area contributed by atoms with Gasteiger partial charge in [-0.25, -0.2) is 4.68 Å². The van der Waals surface area contributed by atoms with Gasteiger partial charge in [0.05, 0.1) is 11.4 Å². The summed E-state index contributed by atoms with van der Waals surface area (Å²) < 4.78 is 7.58. The SMILES string of the molecule is O=C1NCCCC[C@@H]1N(Cc1ccc(OCc2ccccn2)cc1)C(=O)c1ccc(-n2cccn2)cc1. The van der Waals surface area contributed by atoms with Crippen molar-refractivity contribution in [3.05, 3.63) is 108 Å². The van der Waals surface area contributed by atoms with Crippen molar-refractivity contribution in [3.63, 3.8) is 0 Å². The molecule has 1 aliphatic heterocycles. The van der Waals surface area contributed by atoms with Crippen molar-refractivity contribution in [1.29, 1.82) is 0 Å². The minimum absolute atomic E-state index is 0.102. The number of rotatable bonds is 8. The summed E-state index contributed by atoms with van der Waals surface area (Å²) in [5.74, 6) is 0.438. The van der Waals surface area contributed by atoms with E-state index in [0.717, 1.165) is 29.8 Å². The number of pyridine rings is 1. The summed E-state index contributed by atoms with van der Waals surface area (Å²) in [5.41, 5.74) is 3.16. The molecule has 0 spiro atoms. The van der Waals surface area contributed by atoms with E-state index < -0.39 is 6.04 Å². The molecule has 3 heterocycles. The molecule has 2 aromatic heterocycles. The zero-order valence-corrected chi connectivity index (χ0v) is 20.5. The molecule has 1 N–H and O–H groups in total. The Morgan fingerprint density at radius 2 is 1.84 bits per heavy atom. The number of nitrogens with one attached hydrogen (secondary N) is 1. The maximum Gasteiger partial charge on any atom is 0.254 e. The number of hydrogen-bond acceptors (Lipinski definition) is 5. The van der Waals surface area contributed by atoms with Crippen LogP contribution in [0.5, 0.6) is 5.75 Å². The maximum absolute atomic E-state index is 13.7. The van der Waals surface area contributed by atoms with Crippen LogP contribution in [0.4, 0.5) is 0 Å². The number of carbonyl (C=O) groups excluding carboxylic acids is 2. The smallest absolute Gasteiger partial charge is 0.254 e. The molecule has 1 fully saturated rings. The van der Waals surface area contributed by atoms with Gasteiger partial charge in [-0.3, -0.25) is 14.6 Å². The molecule has 8 heteroatoms. The Kier molecular flexibility index (Phi) is 7.55. The van der Waals surface area contributed by atoms with Gasteiger partial charge in [-0.2, -0.15) is 5.10 Å². The average molecular weight is 496 g/mol. The van der Waals surface area contributed by atoms with Gasteiger partial charge in [-0.15, -0.1) is 0 Å². The average Bonchev–Trinajstić information content (AvgIpc) is 3.41. The zero-order chi connectivity index (χ0) is 25.5. The number of amides is 2. The number of hydrogen-bond donors (Lipinski definition) is 1. The van der Waals surface area contributed by atoms with E-state index in [9.17, 15) is 9.59 Å². The minimum atomic E-state index is -0.527. The van der Waals surface area contributed by atoms with E-state index in [1.807, 2.05) is 66.9 Å². The molecule has 0 aliphatic carbocycles. The lowest BCUT2D eigenvalue weighted by Gasteiger charge is -2.30. The van der Waals surface area contributed by atoms with Gasteiger partial charge >= 0.3 is 0 Å². The van der Waals surface area contributed by atoms with Crippen LogP contribution in [-0.2, 0) is 17.9 Å². The molecule has 0 radical (unpaired) electrons. The second kappa shape index (κ2) is 11.5. The monoisotopic (exact) mass is 495 g/mol. The van der Waals surface area contributed by atoms with Gasteiger partial charge in [0.15, 0.2) is 0 Å². The highest BCUT2D eigenvalue weighted by Crippen LogP contribution is 2.22. The molecule has 0 bridgehead atoms. The molecule has 1 atom stereocenters. The van der Waals surface area contributed by atoms with Crippen molar-refractivity contribution in [1.82, 2.24) is 25.0 Å². The van der Waals surface area contributed by atoms with Gasteiger partial charge in [0, 0.05) is 37.2 Å². The molecule has 2 amide bonds. The third-order valence-corrected chi connectivity index (χ3v) is 6.42. The number of benzene rings is 2. The molecule has 0 saturated carbocycles. The van der Waals surface area contributed by atoms with Crippen molar-refractivity contribution in [2.45, 2.75) is 38.5 Å². The van der Waals surface area contributed by atoms with Crippen LogP contribution >= 0.6 is 0 Å². The van der Waals surface area contributed by atoms with Crippen molar-refractivity contribution in [2.24, 2.45) is 0 Å². The van der Waals surface area contributed by atoms with Crippen LogP contribution in [-0.4, -0.2) is 44.1 Å². The summed E-state index contributed by atoms with van der Waals surface area (Å²) in [5, 5.41) is 7.20. The maximum atomic E-state index is 13.7. The molecule has 4 aromatic rings. The molecule has 0 unspecified atom stereocenters. The fraction of sp³-hybridized carbons (Fsp3) is 0.241. The lowest BCUT2D eigenvalue weighted by atomic mass is 10.0. The molecular formula is C29H29N5O3. The van der Waals surface area contributed by atoms with Gasteiger partial charge in [-0.05, 0) is 79.4 Å². The second-order valence-corrected chi connectivity index (χ2v) is 8.99. The summed E-state index contributed by atoms with van der Waals surface area (Å²) in [6.45, 7) is 1.33. The normalized spacial score (nSPS) is 15.5. The lowest BCUT2D eigenvalue weighted by Crippen LogP contribution is -2.48.